The molecule has 0 spiro atoms. The van der Waals surface area contributed by atoms with E-state index in [0.717, 1.165) is 11.1 Å². The van der Waals surface area contributed by atoms with Gasteiger partial charge in [0.2, 0.25) is 6.43 Å². The van der Waals surface area contributed by atoms with Crippen molar-refractivity contribution < 1.29 is 18.7 Å². The molecule has 1 atom stereocenters. The van der Waals surface area contributed by atoms with E-state index in [1.807, 2.05) is 24.3 Å². The number of aliphatic carboxylic acids is 1. The first-order valence-corrected chi connectivity index (χ1v) is 5.64. The summed E-state index contributed by atoms with van der Waals surface area (Å²) in [5.41, 5.74) is 2.15. The van der Waals surface area contributed by atoms with Crippen molar-refractivity contribution in [3.8, 4) is 0 Å². The van der Waals surface area contributed by atoms with Gasteiger partial charge in [-0.25, -0.2) is 8.78 Å². The third-order valence-corrected chi connectivity index (χ3v) is 3.42. The molecular formula is C13H14F2O2. The van der Waals surface area contributed by atoms with Gasteiger partial charge >= 0.3 is 5.97 Å². The van der Waals surface area contributed by atoms with Gasteiger partial charge in [0.15, 0.2) is 0 Å². The van der Waals surface area contributed by atoms with Gasteiger partial charge in [-0.2, -0.15) is 0 Å². The second kappa shape index (κ2) is 4.82. The molecule has 0 bridgehead atoms. The van der Waals surface area contributed by atoms with Gasteiger partial charge in [-0.3, -0.25) is 4.79 Å². The van der Waals surface area contributed by atoms with Gasteiger partial charge in [0, 0.05) is 5.92 Å². The third-order valence-electron chi connectivity index (χ3n) is 3.42. The Morgan fingerprint density at radius 2 is 1.82 bits per heavy atom. The number of benzene rings is 1. The van der Waals surface area contributed by atoms with Crippen molar-refractivity contribution in [1.82, 2.24) is 0 Å². The molecular weight excluding hydrogens is 226 g/mol. The molecule has 2 rings (SSSR count). The van der Waals surface area contributed by atoms with Crippen LogP contribution in [0.4, 0.5) is 8.78 Å². The minimum absolute atomic E-state index is 0.247. The van der Waals surface area contributed by atoms with E-state index in [0.29, 0.717) is 12.8 Å². The fourth-order valence-corrected chi connectivity index (χ4v) is 2.56. The Labute approximate surface area is 98.3 Å². The van der Waals surface area contributed by atoms with Crippen LogP contribution in [0.15, 0.2) is 24.3 Å². The molecule has 0 amide bonds. The Balaban J connectivity index is 2.11. The topological polar surface area (TPSA) is 37.3 Å². The van der Waals surface area contributed by atoms with Crippen molar-refractivity contribution in [2.45, 2.75) is 25.7 Å². The SMILES string of the molecule is O=C(O)CC(C(F)F)C1Cc2ccccc2C1. The molecule has 1 aromatic rings. The minimum atomic E-state index is -2.56. The summed E-state index contributed by atoms with van der Waals surface area (Å²) in [6.07, 6.45) is -1.88. The van der Waals surface area contributed by atoms with E-state index in [2.05, 4.69) is 0 Å². The van der Waals surface area contributed by atoms with Crippen molar-refractivity contribution in [3.63, 3.8) is 0 Å². The van der Waals surface area contributed by atoms with Crippen molar-refractivity contribution in [2.24, 2.45) is 11.8 Å². The highest BCUT2D eigenvalue weighted by atomic mass is 19.3. The van der Waals surface area contributed by atoms with Gasteiger partial charge in [-0.1, -0.05) is 24.3 Å². The van der Waals surface area contributed by atoms with Gasteiger partial charge < -0.3 is 5.11 Å². The molecule has 1 unspecified atom stereocenters. The molecule has 4 heteroatoms. The van der Waals surface area contributed by atoms with Crippen LogP contribution in [0.5, 0.6) is 0 Å². The molecule has 0 saturated carbocycles. The number of hydrogen-bond donors (Lipinski definition) is 1. The molecule has 92 valence electrons. The molecule has 17 heavy (non-hydrogen) atoms. The minimum Gasteiger partial charge on any atom is -0.481 e. The summed E-state index contributed by atoms with van der Waals surface area (Å²) < 4.78 is 25.7. The van der Waals surface area contributed by atoms with Crippen LogP contribution in [0.3, 0.4) is 0 Å². The third kappa shape index (κ3) is 2.62. The van der Waals surface area contributed by atoms with Crippen LogP contribution >= 0.6 is 0 Å². The predicted octanol–water partition coefficient (Wildman–Crippen LogP) is 2.76. The van der Waals surface area contributed by atoms with Crippen molar-refractivity contribution >= 4 is 5.97 Å². The lowest BCUT2D eigenvalue weighted by Crippen LogP contribution is -2.25. The first-order valence-electron chi connectivity index (χ1n) is 5.64. The lowest BCUT2D eigenvalue weighted by molar-refractivity contribution is -0.140. The highest BCUT2D eigenvalue weighted by Gasteiger charge is 2.35. The second-order valence-corrected chi connectivity index (χ2v) is 4.53. The zero-order chi connectivity index (χ0) is 12.4. The predicted molar refractivity (Wildman–Crippen MR) is 59.1 cm³/mol. The summed E-state index contributed by atoms with van der Waals surface area (Å²) >= 11 is 0. The van der Waals surface area contributed by atoms with Crippen LogP contribution in [0, 0.1) is 11.8 Å². The number of hydrogen-bond acceptors (Lipinski definition) is 1. The Hall–Kier alpha value is -1.45. The van der Waals surface area contributed by atoms with E-state index >= 15 is 0 Å². The first kappa shape index (κ1) is 12.0. The number of carbonyl (C=O) groups is 1. The average molecular weight is 240 g/mol. The Kier molecular flexibility index (Phi) is 3.41. The summed E-state index contributed by atoms with van der Waals surface area (Å²) in [4.78, 5) is 10.6. The van der Waals surface area contributed by atoms with Gasteiger partial charge in [0.25, 0.3) is 0 Å². The lowest BCUT2D eigenvalue weighted by Gasteiger charge is -2.20. The van der Waals surface area contributed by atoms with Crippen LogP contribution in [-0.2, 0) is 17.6 Å². The van der Waals surface area contributed by atoms with Crippen molar-refractivity contribution in [3.05, 3.63) is 35.4 Å². The number of carboxylic acids is 1. The smallest absolute Gasteiger partial charge is 0.303 e. The molecule has 0 radical (unpaired) electrons. The fraction of sp³-hybridized carbons (Fsp3) is 0.462. The number of fused-ring (bicyclic) bond motifs is 1. The van der Waals surface area contributed by atoms with Crippen LogP contribution in [0.1, 0.15) is 17.5 Å². The Bertz CT molecular complexity index is 393. The Morgan fingerprint density at radius 1 is 1.29 bits per heavy atom. The number of rotatable bonds is 4. The molecule has 0 aliphatic heterocycles. The quantitative estimate of drug-likeness (QED) is 0.878. The van der Waals surface area contributed by atoms with E-state index in [1.165, 1.54) is 0 Å². The summed E-state index contributed by atoms with van der Waals surface area (Å²) in [5, 5.41) is 8.68. The van der Waals surface area contributed by atoms with Gasteiger partial charge in [-0.05, 0) is 29.9 Å². The Morgan fingerprint density at radius 3 is 2.24 bits per heavy atom. The van der Waals surface area contributed by atoms with E-state index < -0.39 is 24.7 Å². The molecule has 2 nitrogen and oxygen atoms in total. The highest BCUT2D eigenvalue weighted by molar-refractivity contribution is 5.67. The van der Waals surface area contributed by atoms with E-state index in [9.17, 15) is 13.6 Å². The second-order valence-electron chi connectivity index (χ2n) is 4.53. The first-order chi connectivity index (χ1) is 8.08. The van der Waals surface area contributed by atoms with Crippen molar-refractivity contribution in [1.29, 1.82) is 0 Å². The van der Waals surface area contributed by atoms with Gasteiger partial charge in [-0.15, -0.1) is 0 Å². The fourth-order valence-electron chi connectivity index (χ4n) is 2.56. The summed E-state index contributed by atoms with van der Waals surface area (Å²) in [6.45, 7) is 0. The number of alkyl halides is 2. The van der Waals surface area contributed by atoms with Crippen LogP contribution in [-0.4, -0.2) is 17.5 Å². The molecule has 0 heterocycles. The van der Waals surface area contributed by atoms with Crippen LogP contribution in [0.25, 0.3) is 0 Å². The molecule has 1 N–H and O–H groups in total. The average Bonchev–Trinajstić information content (AvgIpc) is 2.68. The van der Waals surface area contributed by atoms with E-state index in [-0.39, 0.29) is 5.92 Å². The zero-order valence-electron chi connectivity index (χ0n) is 9.27. The van der Waals surface area contributed by atoms with Gasteiger partial charge in [0.05, 0.1) is 6.42 Å². The molecule has 0 saturated heterocycles. The lowest BCUT2D eigenvalue weighted by atomic mass is 9.87. The number of carboxylic acid groups (broad SMARTS) is 1. The normalized spacial score (nSPS) is 17.1. The molecule has 1 aliphatic carbocycles. The monoisotopic (exact) mass is 240 g/mol. The van der Waals surface area contributed by atoms with Crippen LogP contribution in [0.2, 0.25) is 0 Å². The van der Waals surface area contributed by atoms with Gasteiger partial charge in [0.1, 0.15) is 0 Å². The van der Waals surface area contributed by atoms with E-state index in [4.69, 9.17) is 5.11 Å². The molecule has 0 fully saturated rings. The maximum absolute atomic E-state index is 12.9. The summed E-state index contributed by atoms with van der Waals surface area (Å²) in [6, 6.07) is 7.63. The number of halogens is 2. The molecule has 1 aliphatic rings. The largest absolute Gasteiger partial charge is 0.481 e. The summed E-state index contributed by atoms with van der Waals surface area (Å²) in [7, 11) is 0. The van der Waals surface area contributed by atoms with E-state index in [1.54, 1.807) is 0 Å². The van der Waals surface area contributed by atoms with Crippen LogP contribution < -0.4 is 0 Å². The maximum Gasteiger partial charge on any atom is 0.303 e. The maximum atomic E-state index is 12.9. The van der Waals surface area contributed by atoms with Crippen molar-refractivity contribution in [2.75, 3.05) is 0 Å². The highest BCUT2D eigenvalue weighted by Crippen LogP contribution is 2.35. The molecule has 1 aromatic carbocycles. The standard InChI is InChI=1S/C13H14F2O2/c14-13(15)11(7-12(16)17)10-5-8-3-1-2-4-9(8)6-10/h1-4,10-11,13H,5-7H2,(H,16,17). The molecule has 0 aromatic heterocycles. The summed E-state index contributed by atoms with van der Waals surface area (Å²) in [5.74, 6) is -2.44. The zero-order valence-corrected chi connectivity index (χ0v) is 9.27.